The molecule has 0 saturated carbocycles. The number of nitrogens with one attached hydrogen (secondary N) is 1. The molecule has 2 aromatic carbocycles. The summed E-state index contributed by atoms with van der Waals surface area (Å²) >= 11 is 0. The van der Waals surface area contributed by atoms with Crippen LogP contribution in [0.1, 0.15) is 41.4 Å². The Hall–Kier alpha value is -2.64. The van der Waals surface area contributed by atoms with Crippen molar-refractivity contribution in [2.45, 2.75) is 32.5 Å². The van der Waals surface area contributed by atoms with Crippen LogP contribution in [-0.2, 0) is 6.42 Å². The first-order valence-electron chi connectivity index (χ1n) is 10.4. The molecular weight excluding hydrogens is 463 g/mol. The second-order valence-electron chi connectivity index (χ2n) is 7.64. The number of carboxylic acids is 1. The van der Waals surface area contributed by atoms with Crippen molar-refractivity contribution >= 4 is 30.8 Å². The highest BCUT2D eigenvalue weighted by Gasteiger charge is 2.14. The van der Waals surface area contributed by atoms with E-state index in [0.717, 1.165) is 29.7 Å². The quantitative estimate of drug-likeness (QED) is 0.347. The van der Waals surface area contributed by atoms with Crippen LogP contribution in [0.15, 0.2) is 67.0 Å². The zero-order chi connectivity index (χ0) is 22.2. The maximum Gasteiger partial charge on any atom is 0.339 e. The minimum Gasteiger partial charge on any atom is -0.490 e. The van der Waals surface area contributed by atoms with Crippen molar-refractivity contribution in [3.63, 3.8) is 0 Å². The number of rotatable bonds is 10. The Morgan fingerprint density at radius 3 is 2.36 bits per heavy atom. The van der Waals surface area contributed by atoms with Crippen LogP contribution in [0.4, 0.5) is 0 Å². The fourth-order valence-corrected chi connectivity index (χ4v) is 3.26. The summed E-state index contributed by atoms with van der Waals surface area (Å²) < 4.78 is 5.70. The van der Waals surface area contributed by atoms with Crippen LogP contribution >= 0.6 is 24.8 Å². The van der Waals surface area contributed by atoms with E-state index in [1.165, 1.54) is 5.56 Å². The number of ether oxygens (including phenoxy) is 1. The summed E-state index contributed by atoms with van der Waals surface area (Å²) in [6.45, 7) is 4.96. The molecule has 0 saturated heterocycles. The summed E-state index contributed by atoms with van der Waals surface area (Å²) in [6, 6.07) is 17.0. The number of benzene rings is 2. The first kappa shape index (κ1) is 28.4. The van der Waals surface area contributed by atoms with Gasteiger partial charge in [0.05, 0.1) is 12.2 Å². The first-order valence-corrected chi connectivity index (χ1v) is 10.4. The SMILES string of the molecule is CC(C)Oc1cc(-c2ccc(CCNC[C@@H](O)c3cccnc3)cc2)ccc1C(=O)O.Cl.Cl. The first-order chi connectivity index (χ1) is 14.9. The van der Waals surface area contributed by atoms with Gasteiger partial charge in [-0.3, -0.25) is 4.98 Å². The number of hydrogen-bond acceptors (Lipinski definition) is 5. The summed E-state index contributed by atoms with van der Waals surface area (Å²) in [5.74, 6) is -0.626. The number of carbonyl (C=O) groups is 1. The molecule has 1 atom stereocenters. The average Bonchev–Trinajstić information content (AvgIpc) is 2.77. The van der Waals surface area contributed by atoms with Crippen LogP contribution in [0.5, 0.6) is 5.75 Å². The summed E-state index contributed by atoms with van der Waals surface area (Å²) in [5, 5.41) is 22.8. The minimum absolute atomic E-state index is 0. The molecule has 178 valence electrons. The van der Waals surface area contributed by atoms with Crippen molar-refractivity contribution in [3.05, 3.63) is 83.7 Å². The van der Waals surface area contributed by atoms with E-state index in [4.69, 9.17) is 4.74 Å². The number of aliphatic hydroxyl groups excluding tert-OH is 1. The number of carboxylic acid groups (broad SMARTS) is 1. The van der Waals surface area contributed by atoms with Gasteiger partial charge >= 0.3 is 5.97 Å². The summed E-state index contributed by atoms with van der Waals surface area (Å²) in [6.07, 6.45) is 3.50. The molecule has 1 heterocycles. The molecule has 0 spiro atoms. The molecule has 0 bridgehead atoms. The molecule has 3 N–H and O–H groups in total. The third kappa shape index (κ3) is 8.33. The fourth-order valence-electron chi connectivity index (χ4n) is 3.26. The number of pyridine rings is 1. The van der Waals surface area contributed by atoms with E-state index in [9.17, 15) is 15.0 Å². The molecule has 6 nitrogen and oxygen atoms in total. The molecular formula is C25H30Cl2N2O4. The molecule has 0 unspecified atom stereocenters. The number of aromatic nitrogens is 1. The highest BCUT2D eigenvalue weighted by Crippen LogP contribution is 2.28. The standard InChI is InChI=1S/C25H28N2O4.2ClH/c1-17(2)31-24-14-20(9-10-22(24)25(29)30)19-7-5-18(6-8-19)11-13-27-16-23(28)21-4-3-12-26-15-21;;/h3-10,12,14-15,17,23,27-28H,11,13,16H2,1-2H3,(H,29,30);2*1H/t23-;;/m1../s1. The van der Waals surface area contributed by atoms with E-state index in [1.54, 1.807) is 30.6 Å². The van der Waals surface area contributed by atoms with Crippen LogP contribution < -0.4 is 10.1 Å². The van der Waals surface area contributed by atoms with E-state index in [1.807, 2.05) is 38.1 Å². The Labute approximate surface area is 206 Å². The molecule has 3 aromatic rings. The van der Waals surface area contributed by atoms with E-state index in [-0.39, 0.29) is 36.5 Å². The normalized spacial score (nSPS) is 11.3. The third-order valence-corrected chi connectivity index (χ3v) is 4.86. The highest BCUT2D eigenvalue weighted by atomic mass is 35.5. The van der Waals surface area contributed by atoms with Gasteiger partial charge in [0.15, 0.2) is 0 Å². The lowest BCUT2D eigenvalue weighted by Gasteiger charge is -2.14. The summed E-state index contributed by atoms with van der Waals surface area (Å²) in [7, 11) is 0. The van der Waals surface area contributed by atoms with Gasteiger partial charge in [0.25, 0.3) is 0 Å². The number of aromatic carboxylic acids is 1. The van der Waals surface area contributed by atoms with Crippen molar-refractivity contribution in [1.82, 2.24) is 10.3 Å². The van der Waals surface area contributed by atoms with Crippen LogP contribution in [0.25, 0.3) is 11.1 Å². The van der Waals surface area contributed by atoms with E-state index < -0.39 is 12.1 Å². The van der Waals surface area contributed by atoms with Crippen molar-refractivity contribution in [1.29, 1.82) is 0 Å². The van der Waals surface area contributed by atoms with Crippen LogP contribution in [0.2, 0.25) is 0 Å². The molecule has 1 aromatic heterocycles. The van der Waals surface area contributed by atoms with Crippen molar-refractivity contribution in [2.24, 2.45) is 0 Å². The predicted molar refractivity (Wildman–Crippen MR) is 135 cm³/mol. The zero-order valence-corrected chi connectivity index (χ0v) is 20.2. The molecule has 0 aliphatic rings. The number of aliphatic hydroxyl groups is 1. The van der Waals surface area contributed by atoms with Gasteiger partial charge in [-0.05, 0) is 61.7 Å². The maximum absolute atomic E-state index is 11.4. The van der Waals surface area contributed by atoms with Gasteiger partial charge in [0.2, 0.25) is 0 Å². The van der Waals surface area contributed by atoms with Gasteiger partial charge in [-0.1, -0.05) is 36.4 Å². The molecule has 0 aliphatic carbocycles. The molecule has 0 aliphatic heterocycles. The topological polar surface area (TPSA) is 91.7 Å². The predicted octanol–water partition coefficient (Wildman–Crippen LogP) is 4.94. The van der Waals surface area contributed by atoms with Gasteiger partial charge in [0.1, 0.15) is 11.3 Å². The van der Waals surface area contributed by atoms with Crippen molar-refractivity contribution in [2.75, 3.05) is 13.1 Å². The molecule has 8 heteroatoms. The van der Waals surface area contributed by atoms with E-state index >= 15 is 0 Å². The highest BCUT2D eigenvalue weighted by molar-refractivity contribution is 5.92. The maximum atomic E-state index is 11.4. The second-order valence-corrected chi connectivity index (χ2v) is 7.64. The van der Waals surface area contributed by atoms with Crippen molar-refractivity contribution < 1.29 is 19.7 Å². The van der Waals surface area contributed by atoms with E-state index in [0.29, 0.717) is 12.3 Å². The Balaban J connectivity index is 0.00000272. The minimum atomic E-state index is -1.00. The fraction of sp³-hybridized carbons (Fsp3) is 0.280. The molecule has 3 rings (SSSR count). The number of nitrogens with zero attached hydrogens (tertiary/aromatic N) is 1. The molecule has 0 radical (unpaired) electrons. The molecule has 0 fully saturated rings. The average molecular weight is 493 g/mol. The van der Waals surface area contributed by atoms with Crippen LogP contribution in [0, 0.1) is 0 Å². The Morgan fingerprint density at radius 2 is 1.76 bits per heavy atom. The third-order valence-electron chi connectivity index (χ3n) is 4.86. The van der Waals surface area contributed by atoms with Gasteiger partial charge in [-0.2, -0.15) is 0 Å². The largest absolute Gasteiger partial charge is 0.490 e. The second kappa shape index (κ2) is 13.8. The smallest absolute Gasteiger partial charge is 0.339 e. The lowest BCUT2D eigenvalue weighted by Crippen LogP contribution is -2.23. The van der Waals surface area contributed by atoms with Gasteiger partial charge in [0, 0.05) is 24.5 Å². The lowest BCUT2D eigenvalue weighted by atomic mass is 10.0. The van der Waals surface area contributed by atoms with Crippen molar-refractivity contribution in [3.8, 4) is 16.9 Å². The Bertz CT molecular complexity index is 999. The van der Waals surface area contributed by atoms with Gasteiger partial charge in [-0.15, -0.1) is 24.8 Å². The monoisotopic (exact) mass is 492 g/mol. The van der Waals surface area contributed by atoms with Crippen LogP contribution in [0.3, 0.4) is 0 Å². The summed E-state index contributed by atoms with van der Waals surface area (Å²) in [4.78, 5) is 15.5. The Kier molecular flexibility index (Phi) is 11.9. The molecule has 33 heavy (non-hydrogen) atoms. The number of hydrogen-bond donors (Lipinski definition) is 3. The van der Waals surface area contributed by atoms with Gasteiger partial charge in [-0.25, -0.2) is 4.79 Å². The number of halogens is 2. The van der Waals surface area contributed by atoms with Crippen LogP contribution in [-0.4, -0.2) is 40.4 Å². The summed E-state index contributed by atoms with van der Waals surface area (Å²) in [5.41, 5.74) is 4.04. The molecule has 0 amide bonds. The van der Waals surface area contributed by atoms with E-state index in [2.05, 4.69) is 22.4 Å². The van der Waals surface area contributed by atoms with Gasteiger partial charge < -0.3 is 20.3 Å². The Morgan fingerprint density at radius 1 is 1.06 bits per heavy atom. The lowest BCUT2D eigenvalue weighted by molar-refractivity contribution is 0.0690. The zero-order valence-electron chi connectivity index (χ0n) is 18.6.